The molecule has 138 valence electrons. The van der Waals surface area contributed by atoms with Gasteiger partial charge in [0.2, 0.25) is 0 Å². The van der Waals surface area contributed by atoms with Crippen LogP contribution in [0.25, 0.3) is 0 Å². The van der Waals surface area contributed by atoms with E-state index in [1.54, 1.807) is 6.08 Å². The second-order valence-corrected chi connectivity index (χ2v) is 9.18. The lowest BCUT2D eigenvalue weighted by atomic mass is 9.47. The lowest BCUT2D eigenvalue weighted by molar-refractivity contribution is -0.156. The Morgan fingerprint density at radius 2 is 1.85 bits per heavy atom. The van der Waals surface area contributed by atoms with Crippen LogP contribution in [0.5, 0.6) is 0 Å². The van der Waals surface area contributed by atoms with Crippen LogP contribution in [0.2, 0.25) is 0 Å². The van der Waals surface area contributed by atoms with Crippen LogP contribution in [0.1, 0.15) is 46.5 Å². The second-order valence-electron chi connectivity index (χ2n) is 9.18. The lowest BCUT2D eigenvalue weighted by Crippen LogP contribution is -2.56. The molecule has 0 spiro atoms. The Kier molecular flexibility index (Phi) is 3.51. The Labute approximate surface area is 155 Å². The van der Waals surface area contributed by atoms with E-state index in [1.807, 2.05) is 0 Å². The molecular weight excluding hydrogens is 324 g/mol. The smallest absolute Gasteiger partial charge is 0.185 e. The van der Waals surface area contributed by atoms with Gasteiger partial charge in [-0.2, -0.15) is 0 Å². The van der Waals surface area contributed by atoms with E-state index in [9.17, 15) is 14.7 Å². The number of carbonyl (C=O) groups excluding carboxylic acids is 2. The van der Waals surface area contributed by atoms with E-state index in [2.05, 4.69) is 39.2 Å². The molecule has 0 aromatic heterocycles. The monoisotopic (exact) mass is 352 g/mol. The SMILES string of the molecule is C=C1C(=C)[C@@]2(C)C(=CC1=O)C=C[C@@H]1[C@@H]2CC[C@@]2(C)[C@H]1CC[C@]2(O)C(C)=O. The highest BCUT2D eigenvalue weighted by atomic mass is 16.3. The molecule has 0 amide bonds. The fourth-order valence-corrected chi connectivity index (χ4v) is 6.62. The third-order valence-electron chi connectivity index (χ3n) is 8.48. The lowest BCUT2D eigenvalue weighted by Gasteiger charge is -2.57. The molecule has 2 fully saturated rings. The van der Waals surface area contributed by atoms with Gasteiger partial charge in [-0.3, -0.25) is 9.59 Å². The van der Waals surface area contributed by atoms with Gasteiger partial charge in [-0.05, 0) is 67.6 Å². The molecule has 2 saturated carbocycles. The maximum absolute atomic E-state index is 12.3. The number of hydrogen-bond acceptors (Lipinski definition) is 3. The van der Waals surface area contributed by atoms with Crippen molar-refractivity contribution in [3.8, 4) is 0 Å². The molecule has 0 saturated heterocycles. The zero-order chi connectivity index (χ0) is 19.1. The van der Waals surface area contributed by atoms with Crippen LogP contribution in [0.4, 0.5) is 0 Å². The van der Waals surface area contributed by atoms with Gasteiger partial charge in [-0.15, -0.1) is 0 Å². The quantitative estimate of drug-likeness (QED) is 0.727. The maximum atomic E-state index is 12.3. The summed E-state index contributed by atoms with van der Waals surface area (Å²) in [5, 5.41) is 11.2. The summed E-state index contributed by atoms with van der Waals surface area (Å²) in [4.78, 5) is 24.5. The number of ketones is 2. The summed E-state index contributed by atoms with van der Waals surface area (Å²) in [6.45, 7) is 14.0. The molecule has 1 N–H and O–H groups in total. The molecule has 4 aliphatic rings. The number of aliphatic hydroxyl groups is 1. The molecular formula is C23H28O3. The summed E-state index contributed by atoms with van der Waals surface area (Å²) < 4.78 is 0. The Morgan fingerprint density at radius 1 is 1.19 bits per heavy atom. The minimum Gasteiger partial charge on any atom is -0.382 e. The number of hydrogen-bond donors (Lipinski definition) is 1. The third kappa shape index (κ3) is 1.82. The zero-order valence-corrected chi connectivity index (χ0v) is 16.0. The van der Waals surface area contributed by atoms with Crippen molar-refractivity contribution < 1.29 is 14.7 Å². The van der Waals surface area contributed by atoms with Gasteiger partial charge in [-0.1, -0.05) is 39.2 Å². The number of carbonyl (C=O) groups is 2. The fraction of sp³-hybridized carbons (Fsp3) is 0.565. The Balaban J connectivity index is 1.81. The van der Waals surface area contributed by atoms with Crippen molar-refractivity contribution in [3.63, 3.8) is 0 Å². The van der Waals surface area contributed by atoms with E-state index in [1.165, 1.54) is 6.92 Å². The molecule has 0 unspecified atom stereocenters. The van der Waals surface area contributed by atoms with Crippen LogP contribution < -0.4 is 0 Å². The predicted octanol–water partition coefficient (Wildman–Crippen LogP) is 3.95. The summed E-state index contributed by atoms with van der Waals surface area (Å²) in [7, 11) is 0. The maximum Gasteiger partial charge on any atom is 0.185 e. The Bertz CT molecular complexity index is 815. The van der Waals surface area contributed by atoms with Crippen LogP contribution in [0.3, 0.4) is 0 Å². The van der Waals surface area contributed by atoms with Gasteiger partial charge in [0.05, 0.1) is 0 Å². The van der Waals surface area contributed by atoms with Crippen molar-refractivity contribution in [2.24, 2.45) is 28.6 Å². The van der Waals surface area contributed by atoms with E-state index < -0.39 is 5.60 Å². The molecule has 26 heavy (non-hydrogen) atoms. The topological polar surface area (TPSA) is 54.4 Å². The molecule has 0 bridgehead atoms. The molecule has 0 aromatic carbocycles. The molecule has 0 aromatic rings. The molecule has 0 radical (unpaired) electrons. The summed E-state index contributed by atoms with van der Waals surface area (Å²) in [5.74, 6) is 0.723. The average Bonchev–Trinajstić information content (AvgIpc) is 2.87. The van der Waals surface area contributed by atoms with Crippen molar-refractivity contribution in [1.82, 2.24) is 0 Å². The standard InChI is InChI=1S/C23H28O3/c1-13-14(2)22(5)16(12-20(13)25)6-7-17-18-9-11-23(26,15(3)24)21(18,4)10-8-19(17)22/h6-7,12,17-19,26H,1-2,8-11H2,3-5H3/t17-,18-,19-,21-,22-,23-/m0/s1. The largest absolute Gasteiger partial charge is 0.382 e. The van der Waals surface area contributed by atoms with E-state index >= 15 is 0 Å². The normalized spacial score (nSPS) is 47.2. The van der Waals surface area contributed by atoms with E-state index in [4.69, 9.17) is 0 Å². The first-order chi connectivity index (χ1) is 12.1. The Hall–Kier alpha value is -1.74. The molecule has 0 aliphatic heterocycles. The van der Waals surface area contributed by atoms with Gasteiger partial charge in [0.1, 0.15) is 5.60 Å². The second kappa shape index (κ2) is 5.16. The van der Waals surface area contributed by atoms with Crippen molar-refractivity contribution in [2.75, 3.05) is 0 Å². The van der Waals surface area contributed by atoms with Gasteiger partial charge in [0.15, 0.2) is 11.6 Å². The number of allylic oxidation sites excluding steroid dienone is 6. The van der Waals surface area contributed by atoms with Gasteiger partial charge in [0.25, 0.3) is 0 Å². The first-order valence-corrected chi connectivity index (χ1v) is 9.64. The first-order valence-electron chi connectivity index (χ1n) is 9.64. The van der Waals surface area contributed by atoms with Crippen molar-refractivity contribution >= 4 is 11.6 Å². The average molecular weight is 352 g/mol. The Morgan fingerprint density at radius 3 is 2.50 bits per heavy atom. The van der Waals surface area contributed by atoms with Crippen molar-refractivity contribution in [1.29, 1.82) is 0 Å². The van der Waals surface area contributed by atoms with E-state index in [0.717, 1.165) is 30.4 Å². The summed E-state index contributed by atoms with van der Waals surface area (Å²) in [5.41, 5.74) is 0.502. The highest BCUT2D eigenvalue weighted by molar-refractivity contribution is 6.09. The highest BCUT2D eigenvalue weighted by Crippen LogP contribution is 2.67. The van der Waals surface area contributed by atoms with Gasteiger partial charge in [-0.25, -0.2) is 0 Å². The van der Waals surface area contributed by atoms with Gasteiger partial charge in [0, 0.05) is 16.4 Å². The molecule has 6 atom stereocenters. The number of rotatable bonds is 1. The first kappa shape index (κ1) is 17.7. The summed E-state index contributed by atoms with van der Waals surface area (Å²) in [6, 6.07) is 0. The molecule has 4 rings (SSSR count). The van der Waals surface area contributed by atoms with E-state index in [0.29, 0.717) is 17.9 Å². The molecule has 3 heteroatoms. The zero-order valence-electron chi connectivity index (χ0n) is 16.0. The van der Waals surface area contributed by atoms with Crippen LogP contribution in [-0.2, 0) is 9.59 Å². The molecule has 0 heterocycles. The van der Waals surface area contributed by atoms with E-state index in [-0.39, 0.29) is 34.2 Å². The summed E-state index contributed by atoms with van der Waals surface area (Å²) >= 11 is 0. The van der Waals surface area contributed by atoms with Crippen LogP contribution in [0, 0.1) is 28.6 Å². The fourth-order valence-electron chi connectivity index (χ4n) is 6.62. The minimum atomic E-state index is -1.21. The van der Waals surface area contributed by atoms with Crippen molar-refractivity contribution in [2.45, 2.75) is 52.1 Å². The third-order valence-corrected chi connectivity index (χ3v) is 8.48. The van der Waals surface area contributed by atoms with Crippen LogP contribution in [0.15, 0.2) is 48.1 Å². The van der Waals surface area contributed by atoms with Gasteiger partial charge < -0.3 is 5.11 Å². The number of Topliss-reactive ketones (excluding diaryl/α,β-unsaturated/α-hetero) is 1. The predicted molar refractivity (Wildman–Crippen MR) is 101 cm³/mol. The highest BCUT2D eigenvalue weighted by Gasteiger charge is 2.65. The van der Waals surface area contributed by atoms with Gasteiger partial charge >= 0.3 is 0 Å². The van der Waals surface area contributed by atoms with Crippen LogP contribution >= 0.6 is 0 Å². The molecule has 4 aliphatic carbocycles. The van der Waals surface area contributed by atoms with Crippen LogP contribution in [-0.4, -0.2) is 22.3 Å². The molecule has 3 nitrogen and oxygen atoms in total. The number of fused-ring (bicyclic) bond motifs is 5. The summed E-state index contributed by atoms with van der Waals surface area (Å²) in [6.07, 6.45) is 9.16. The van der Waals surface area contributed by atoms with Crippen molar-refractivity contribution in [3.05, 3.63) is 48.1 Å². The minimum absolute atomic E-state index is 0.0435.